The van der Waals surface area contributed by atoms with Gasteiger partial charge in [0.25, 0.3) is 0 Å². The van der Waals surface area contributed by atoms with Crippen molar-refractivity contribution in [3.63, 3.8) is 0 Å². The van der Waals surface area contributed by atoms with Gasteiger partial charge in [-0.1, -0.05) is 41.4 Å². The maximum Gasteiger partial charge on any atom is 0.161 e. The molecule has 0 aliphatic rings. The van der Waals surface area contributed by atoms with Gasteiger partial charge in [-0.05, 0) is 19.9 Å². The van der Waals surface area contributed by atoms with Crippen LogP contribution in [-0.2, 0) is 0 Å². The van der Waals surface area contributed by atoms with Crippen LogP contribution in [0.3, 0.4) is 0 Å². The lowest BCUT2D eigenvalue weighted by atomic mass is 10.1. The number of aryl methyl sites for hydroxylation is 2. The molecule has 0 unspecified atom stereocenters. The number of aromatic nitrogens is 2. The van der Waals surface area contributed by atoms with Crippen LogP contribution in [0.2, 0.25) is 5.15 Å². The molecule has 2 rings (SSSR count). The van der Waals surface area contributed by atoms with E-state index in [1.807, 2.05) is 38.1 Å². The zero-order chi connectivity index (χ0) is 10.8. The minimum absolute atomic E-state index is 0.484. The van der Waals surface area contributed by atoms with Gasteiger partial charge in [0, 0.05) is 11.3 Å². The zero-order valence-corrected chi connectivity index (χ0v) is 9.42. The lowest BCUT2D eigenvalue weighted by Gasteiger charge is -2.02. The van der Waals surface area contributed by atoms with Crippen molar-refractivity contribution in [3.8, 4) is 11.4 Å². The predicted molar refractivity (Wildman–Crippen MR) is 62.0 cm³/mol. The average molecular weight is 219 g/mol. The second kappa shape index (κ2) is 3.99. The van der Waals surface area contributed by atoms with Crippen molar-refractivity contribution >= 4 is 11.6 Å². The highest BCUT2D eigenvalue weighted by atomic mass is 35.5. The summed E-state index contributed by atoms with van der Waals surface area (Å²) in [5.41, 5.74) is 3.09. The first-order chi connectivity index (χ1) is 7.15. The van der Waals surface area contributed by atoms with Crippen molar-refractivity contribution in [2.75, 3.05) is 0 Å². The van der Waals surface area contributed by atoms with Crippen molar-refractivity contribution in [1.29, 1.82) is 0 Å². The summed E-state index contributed by atoms with van der Waals surface area (Å²) in [6.45, 7) is 3.96. The number of hydrogen-bond acceptors (Lipinski definition) is 2. The summed E-state index contributed by atoms with van der Waals surface area (Å²) in [6, 6.07) is 9.82. The van der Waals surface area contributed by atoms with E-state index in [0.29, 0.717) is 11.0 Å². The van der Waals surface area contributed by atoms with E-state index in [1.54, 1.807) is 6.07 Å². The SMILES string of the molecule is Cc1ccc(-c2nc(C)cc(Cl)n2)cc1. The molecule has 0 N–H and O–H groups in total. The molecule has 0 aliphatic heterocycles. The third-order valence-corrected chi connectivity index (χ3v) is 2.33. The van der Waals surface area contributed by atoms with Crippen LogP contribution in [0, 0.1) is 13.8 Å². The summed E-state index contributed by atoms with van der Waals surface area (Å²) < 4.78 is 0. The maximum absolute atomic E-state index is 5.88. The molecule has 0 bridgehead atoms. The summed E-state index contributed by atoms with van der Waals surface area (Å²) in [7, 11) is 0. The number of halogens is 1. The largest absolute Gasteiger partial charge is 0.233 e. The van der Waals surface area contributed by atoms with Crippen molar-refractivity contribution in [2.45, 2.75) is 13.8 Å². The first kappa shape index (κ1) is 10.1. The van der Waals surface area contributed by atoms with E-state index in [9.17, 15) is 0 Å². The first-order valence-electron chi connectivity index (χ1n) is 4.73. The molecule has 0 aliphatic carbocycles. The molecule has 2 nitrogen and oxygen atoms in total. The van der Waals surface area contributed by atoms with Crippen LogP contribution in [0.25, 0.3) is 11.4 Å². The second-order valence-corrected chi connectivity index (χ2v) is 3.91. The number of nitrogens with zero attached hydrogens (tertiary/aromatic N) is 2. The summed E-state index contributed by atoms with van der Waals surface area (Å²) >= 11 is 5.88. The molecule has 3 heteroatoms. The number of hydrogen-bond donors (Lipinski definition) is 0. The van der Waals surface area contributed by atoms with E-state index in [-0.39, 0.29) is 0 Å². The lowest BCUT2D eigenvalue weighted by molar-refractivity contribution is 1.11. The van der Waals surface area contributed by atoms with E-state index in [1.165, 1.54) is 5.56 Å². The van der Waals surface area contributed by atoms with Gasteiger partial charge in [-0.25, -0.2) is 9.97 Å². The molecule has 1 aromatic carbocycles. The van der Waals surface area contributed by atoms with Gasteiger partial charge in [0.2, 0.25) is 0 Å². The topological polar surface area (TPSA) is 25.8 Å². The normalized spacial score (nSPS) is 10.3. The monoisotopic (exact) mass is 218 g/mol. The van der Waals surface area contributed by atoms with E-state index < -0.39 is 0 Å². The molecule has 76 valence electrons. The standard InChI is InChI=1S/C12H11ClN2/c1-8-3-5-10(6-4-8)12-14-9(2)7-11(13)15-12/h3-7H,1-2H3. The van der Waals surface area contributed by atoms with Gasteiger partial charge >= 0.3 is 0 Å². The van der Waals surface area contributed by atoms with Crippen LogP contribution >= 0.6 is 11.6 Å². The second-order valence-electron chi connectivity index (χ2n) is 3.52. The van der Waals surface area contributed by atoms with Crippen LogP contribution in [-0.4, -0.2) is 9.97 Å². The molecule has 0 saturated carbocycles. The minimum Gasteiger partial charge on any atom is -0.233 e. The van der Waals surface area contributed by atoms with Crippen LogP contribution in [0.4, 0.5) is 0 Å². The van der Waals surface area contributed by atoms with Gasteiger partial charge < -0.3 is 0 Å². The molecule has 1 aromatic heterocycles. The van der Waals surface area contributed by atoms with E-state index >= 15 is 0 Å². The van der Waals surface area contributed by atoms with Crippen LogP contribution in [0.5, 0.6) is 0 Å². The number of benzene rings is 1. The fraction of sp³-hybridized carbons (Fsp3) is 0.167. The fourth-order valence-electron chi connectivity index (χ4n) is 1.36. The van der Waals surface area contributed by atoms with Crippen LogP contribution < -0.4 is 0 Å². The highest BCUT2D eigenvalue weighted by Crippen LogP contribution is 2.18. The fourth-order valence-corrected chi connectivity index (χ4v) is 1.60. The Kier molecular flexibility index (Phi) is 2.69. The molecular weight excluding hydrogens is 208 g/mol. The minimum atomic E-state index is 0.484. The van der Waals surface area contributed by atoms with Crippen LogP contribution in [0.15, 0.2) is 30.3 Å². The van der Waals surface area contributed by atoms with Gasteiger partial charge in [-0.3, -0.25) is 0 Å². The van der Waals surface area contributed by atoms with E-state index in [4.69, 9.17) is 11.6 Å². The smallest absolute Gasteiger partial charge is 0.161 e. The Balaban J connectivity index is 2.49. The molecule has 15 heavy (non-hydrogen) atoms. The van der Waals surface area contributed by atoms with Gasteiger partial charge in [0.05, 0.1) is 0 Å². The third-order valence-electron chi connectivity index (χ3n) is 2.13. The lowest BCUT2D eigenvalue weighted by Crippen LogP contribution is -1.92. The zero-order valence-electron chi connectivity index (χ0n) is 8.66. The predicted octanol–water partition coefficient (Wildman–Crippen LogP) is 3.41. The Labute approximate surface area is 94.0 Å². The average Bonchev–Trinajstić information content (AvgIpc) is 2.17. The Morgan fingerprint density at radius 2 is 1.67 bits per heavy atom. The Bertz CT molecular complexity index is 457. The van der Waals surface area contributed by atoms with Crippen molar-refractivity contribution < 1.29 is 0 Å². The quantitative estimate of drug-likeness (QED) is 0.686. The molecule has 0 radical (unpaired) electrons. The van der Waals surface area contributed by atoms with Gasteiger partial charge in [0.15, 0.2) is 5.82 Å². The highest BCUT2D eigenvalue weighted by molar-refractivity contribution is 6.29. The summed E-state index contributed by atoms with van der Waals surface area (Å²) in [5.74, 6) is 0.681. The van der Waals surface area contributed by atoms with Gasteiger partial charge in [-0.2, -0.15) is 0 Å². The third kappa shape index (κ3) is 2.34. The Morgan fingerprint density at radius 3 is 2.27 bits per heavy atom. The molecule has 0 spiro atoms. The summed E-state index contributed by atoms with van der Waals surface area (Å²) in [6.07, 6.45) is 0. The summed E-state index contributed by atoms with van der Waals surface area (Å²) in [4.78, 5) is 8.53. The molecular formula is C12H11ClN2. The van der Waals surface area contributed by atoms with Crippen molar-refractivity contribution in [1.82, 2.24) is 9.97 Å². The Morgan fingerprint density at radius 1 is 1.00 bits per heavy atom. The van der Waals surface area contributed by atoms with Gasteiger partial charge in [-0.15, -0.1) is 0 Å². The first-order valence-corrected chi connectivity index (χ1v) is 5.11. The molecule has 0 fully saturated rings. The summed E-state index contributed by atoms with van der Waals surface area (Å²) in [5, 5.41) is 0.484. The Hall–Kier alpha value is -1.41. The van der Waals surface area contributed by atoms with E-state index in [0.717, 1.165) is 11.3 Å². The van der Waals surface area contributed by atoms with Crippen molar-refractivity contribution in [3.05, 3.63) is 46.7 Å². The molecule has 1 heterocycles. The maximum atomic E-state index is 5.88. The molecule has 2 aromatic rings. The highest BCUT2D eigenvalue weighted by Gasteiger charge is 2.02. The van der Waals surface area contributed by atoms with Gasteiger partial charge in [0.1, 0.15) is 5.15 Å². The molecule has 0 atom stereocenters. The van der Waals surface area contributed by atoms with Crippen LogP contribution in [0.1, 0.15) is 11.3 Å². The number of rotatable bonds is 1. The van der Waals surface area contributed by atoms with Crippen molar-refractivity contribution in [2.24, 2.45) is 0 Å². The molecule has 0 amide bonds. The molecule has 0 saturated heterocycles. The van der Waals surface area contributed by atoms with E-state index in [2.05, 4.69) is 9.97 Å².